The average molecular weight is 311 g/mol. The van der Waals surface area contributed by atoms with E-state index in [1.807, 2.05) is 13.8 Å². The SMILES string of the molecule is CC(C)(O)CN1CCN(CC(=O)c2ccc(Cl)cc2)CC1. The zero-order valence-electron chi connectivity index (χ0n) is 12.7. The van der Waals surface area contributed by atoms with Crippen LogP contribution in [0.1, 0.15) is 24.2 Å². The molecule has 1 aromatic rings. The summed E-state index contributed by atoms with van der Waals surface area (Å²) in [6.45, 7) is 8.25. The number of nitrogens with zero attached hydrogens (tertiary/aromatic N) is 2. The number of aliphatic hydroxyl groups is 1. The van der Waals surface area contributed by atoms with Crippen LogP contribution in [-0.2, 0) is 0 Å². The Bertz CT molecular complexity index is 474. The predicted octanol–water partition coefficient (Wildman–Crippen LogP) is 1.91. The van der Waals surface area contributed by atoms with Crippen LogP contribution >= 0.6 is 11.6 Å². The van der Waals surface area contributed by atoms with Crippen molar-refractivity contribution in [1.82, 2.24) is 9.80 Å². The minimum atomic E-state index is -0.665. The number of benzene rings is 1. The maximum atomic E-state index is 12.2. The fraction of sp³-hybridized carbons (Fsp3) is 0.562. The first-order valence-electron chi connectivity index (χ1n) is 7.29. The molecule has 0 aromatic heterocycles. The first kappa shape index (κ1) is 16.4. The number of β-amino-alcohol motifs (C(OH)–C–C–N with tert-alkyl or cyclic N) is 1. The molecule has 1 heterocycles. The summed E-state index contributed by atoms with van der Waals surface area (Å²) in [6.07, 6.45) is 0. The van der Waals surface area contributed by atoms with Crippen LogP contribution in [0.5, 0.6) is 0 Å². The molecule has 5 heteroatoms. The molecule has 1 fully saturated rings. The molecule has 2 rings (SSSR count). The van der Waals surface area contributed by atoms with Gasteiger partial charge in [-0.2, -0.15) is 0 Å². The highest BCUT2D eigenvalue weighted by Crippen LogP contribution is 2.12. The van der Waals surface area contributed by atoms with Gasteiger partial charge in [-0.15, -0.1) is 0 Å². The van der Waals surface area contributed by atoms with E-state index >= 15 is 0 Å². The van der Waals surface area contributed by atoms with Crippen molar-refractivity contribution in [2.75, 3.05) is 39.3 Å². The van der Waals surface area contributed by atoms with Crippen LogP contribution in [0.15, 0.2) is 24.3 Å². The van der Waals surface area contributed by atoms with E-state index < -0.39 is 5.60 Å². The van der Waals surface area contributed by atoms with Gasteiger partial charge in [0.1, 0.15) is 0 Å². The number of rotatable bonds is 5. The maximum Gasteiger partial charge on any atom is 0.176 e. The maximum absolute atomic E-state index is 12.2. The molecule has 0 bridgehead atoms. The highest BCUT2D eigenvalue weighted by molar-refractivity contribution is 6.30. The van der Waals surface area contributed by atoms with Crippen molar-refractivity contribution in [1.29, 1.82) is 0 Å². The van der Waals surface area contributed by atoms with Gasteiger partial charge in [-0.05, 0) is 38.1 Å². The second-order valence-electron chi connectivity index (χ2n) is 6.29. The second-order valence-corrected chi connectivity index (χ2v) is 6.73. The van der Waals surface area contributed by atoms with Crippen LogP contribution in [0.4, 0.5) is 0 Å². The Kier molecular flexibility index (Phi) is 5.38. The molecule has 1 N–H and O–H groups in total. The minimum absolute atomic E-state index is 0.127. The second kappa shape index (κ2) is 6.88. The van der Waals surface area contributed by atoms with Crippen LogP contribution in [0, 0.1) is 0 Å². The lowest BCUT2D eigenvalue weighted by atomic mass is 10.1. The van der Waals surface area contributed by atoms with E-state index in [1.54, 1.807) is 24.3 Å². The Hall–Kier alpha value is -0.940. The van der Waals surface area contributed by atoms with E-state index in [1.165, 1.54) is 0 Å². The lowest BCUT2D eigenvalue weighted by Crippen LogP contribution is -2.51. The summed E-state index contributed by atoms with van der Waals surface area (Å²) in [4.78, 5) is 16.6. The third-order valence-electron chi connectivity index (χ3n) is 3.61. The van der Waals surface area contributed by atoms with E-state index in [0.29, 0.717) is 23.7 Å². The fourth-order valence-electron chi connectivity index (χ4n) is 2.58. The molecule has 0 aliphatic carbocycles. The molecular formula is C16H23ClN2O2. The third kappa shape index (κ3) is 5.40. The molecular weight excluding hydrogens is 288 g/mol. The Morgan fingerprint density at radius 3 is 2.19 bits per heavy atom. The van der Waals surface area contributed by atoms with Crippen molar-refractivity contribution < 1.29 is 9.90 Å². The van der Waals surface area contributed by atoms with Gasteiger partial charge in [-0.3, -0.25) is 14.6 Å². The van der Waals surface area contributed by atoms with Crippen LogP contribution in [0.3, 0.4) is 0 Å². The number of ketones is 1. The van der Waals surface area contributed by atoms with E-state index in [0.717, 1.165) is 26.2 Å². The minimum Gasteiger partial charge on any atom is -0.389 e. The Morgan fingerprint density at radius 1 is 1.14 bits per heavy atom. The monoisotopic (exact) mass is 310 g/mol. The molecule has 1 aromatic carbocycles. The molecule has 0 amide bonds. The van der Waals surface area contributed by atoms with Crippen LogP contribution in [0.2, 0.25) is 5.02 Å². The Balaban J connectivity index is 1.80. The van der Waals surface area contributed by atoms with Gasteiger partial charge in [0, 0.05) is 43.3 Å². The van der Waals surface area contributed by atoms with Gasteiger partial charge in [0.2, 0.25) is 0 Å². The molecule has 4 nitrogen and oxygen atoms in total. The van der Waals surface area contributed by atoms with Crippen LogP contribution in [0.25, 0.3) is 0 Å². The van der Waals surface area contributed by atoms with E-state index in [2.05, 4.69) is 9.80 Å². The zero-order chi connectivity index (χ0) is 15.5. The largest absolute Gasteiger partial charge is 0.389 e. The molecule has 0 radical (unpaired) electrons. The van der Waals surface area contributed by atoms with Crippen molar-refractivity contribution in [2.24, 2.45) is 0 Å². The summed E-state index contributed by atoms with van der Waals surface area (Å²) < 4.78 is 0. The van der Waals surface area contributed by atoms with Crippen molar-refractivity contribution >= 4 is 17.4 Å². The Morgan fingerprint density at radius 2 is 1.67 bits per heavy atom. The highest BCUT2D eigenvalue weighted by Gasteiger charge is 2.23. The quantitative estimate of drug-likeness (QED) is 0.844. The molecule has 116 valence electrons. The van der Waals surface area contributed by atoms with Crippen molar-refractivity contribution in [3.63, 3.8) is 0 Å². The summed E-state index contributed by atoms with van der Waals surface area (Å²) in [5.74, 6) is 0.127. The van der Waals surface area contributed by atoms with Gasteiger partial charge >= 0.3 is 0 Å². The van der Waals surface area contributed by atoms with Gasteiger partial charge in [-0.1, -0.05) is 11.6 Å². The lowest BCUT2D eigenvalue weighted by molar-refractivity contribution is 0.0179. The number of halogens is 1. The highest BCUT2D eigenvalue weighted by atomic mass is 35.5. The van der Waals surface area contributed by atoms with E-state index in [9.17, 15) is 9.90 Å². The first-order valence-corrected chi connectivity index (χ1v) is 7.67. The van der Waals surface area contributed by atoms with Crippen LogP contribution in [-0.4, -0.2) is 65.6 Å². The van der Waals surface area contributed by atoms with E-state index in [4.69, 9.17) is 11.6 Å². The normalized spacial score (nSPS) is 17.9. The number of hydrogen-bond acceptors (Lipinski definition) is 4. The van der Waals surface area contributed by atoms with E-state index in [-0.39, 0.29) is 5.78 Å². The molecule has 21 heavy (non-hydrogen) atoms. The molecule has 1 aliphatic rings. The van der Waals surface area contributed by atoms with Gasteiger partial charge in [0.05, 0.1) is 12.1 Å². The summed E-state index contributed by atoms with van der Waals surface area (Å²) in [6, 6.07) is 7.04. The summed E-state index contributed by atoms with van der Waals surface area (Å²) >= 11 is 5.83. The number of carbonyl (C=O) groups excluding carboxylic acids is 1. The zero-order valence-corrected chi connectivity index (χ0v) is 13.4. The van der Waals surface area contributed by atoms with Crippen LogP contribution < -0.4 is 0 Å². The molecule has 0 unspecified atom stereocenters. The summed E-state index contributed by atoms with van der Waals surface area (Å²) in [5.41, 5.74) is 0.0414. The third-order valence-corrected chi connectivity index (χ3v) is 3.86. The fourth-order valence-corrected chi connectivity index (χ4v) is 2.71. The van der Waals surface area contributed by atoms with Gasteiger partial charge < -0.3 is 5.11 Å². The molecule has 1 saturated heterocycles. The molecule has 0 spiro atoms. The van der Waals surface area contributed by atoms with Crippen molar-refractivity contribution in [3.05, 3.63) is 34.9 Å². The predicted molar refractivity (Wildman–Crippen MR) is 85.0 cm³/mol. The van der Waals surface area contributed by atoms with Gasteiger partial charge in [0.15, 0.2) is 5.78 Å². The smallest absolute Gasteiger partial charge is 0.176 e. The lowest BCUT2D eigenvalue weighted by Gasteiger charge is -2.37. The Labute approximate surface area is 131 Å². The summed E-state index contributed by atoms with van der Waals surface area (Å²) in [7, 11) is 0. The average Bonchev–Trinajstić information content (AvgIpc) is 2.40. The number of hydrogen-bond donors (Lipinski definition) is 1. The standard InChI is InChI=1S/C16H23ClN2O2/c1-16(2,21)12-19-9-7-18(8-10-19)11-15(20)13-3-5-14(17)6-4-13/h3-6,21H,7-12H2,1-2H3. The van der Waals surface area contributed by atoms with Gasteiger partial charge in [0.25, 0.3) is 0 Å². The topological polar surface area (TPSA) is 43.8 Å². The first-order chi connectivity index (χ1) is 9.83. The van der Waals surface area contributed by atoms with Gasteiger partial charge in [-0.25, -0.2) is 0 Å². The molecule has 0 saturated carbocycles. The van der Waals surface area contributed by atoms with Crippen molar-refractivity contribution in [3.8, 4) is 0 Å². The van der Waals surface area contributed by atoms with Crippen molar-refractivity contribution in [2.45, 2.75) is 19.4 Å². The number of Topliss-reactive ketones (excluding diaryl/α,β-unsaturated/α-hetero) is 1. The summed E-state index contributed by atoms with van der Waals surface area (Å²) in [5, 5.41) is 10.5. The number of piperazine rings is 1. The molecule has 1 aliphatic heterocycles. The number of carbonyl (C=O) groups is 1. The molecule has 0 atom stereocenters.